The van der Waals surface area contributed by atoms with Crippen molar-refractivity contribution >= 4 is 21.9 Å². The maximum Gasteiger partial charge on any atom is 0.341 e. The van der Waals surface area contributed by atoms with Crippen LogP contribution in [-0.2, 0) is 4.74 Å². The highest BCUT2D eigenvalue weighted by atomic mass is 79.9. The summed E-state index contributed by atoms with van der Waals surface area (Å²) in [7, 11) is 0. The predicted molar refractivity (Wildman–Crippen MR) is 67.2 cm³/mol. The molecule has 0 saturated carbocycles. The Hall–Kier alpha value is -1.62. The highest BCUT2D eigenvalue weighted by Crippen LogP contribution is 2.14. The van der Waals surface area contributed by atoms with Crippen LogP contribution in [0.25, 0.3) is 5.69 Å². The fourth-order valence-corrected chi connectivity index (χ4v) is 1.64. The van der Waals surface area contributed by atoms with Gasteiger partial charge in [0.15, 0.2) is 0 Å². The van der Waals surface area contributed by atoms with Crippen molar-refractivity contribution in [3.8, 4) is 5.69 Å². The number of carbonyl (C=O) groups is 1. The van der Waals surface area contributed by atoms with Gasteiger partial charge in [-0.2, -0.15) is 5.10 Å². The van der Waals surface area contributed by atoms with Gasteiger partial charge < -0.3 is 4.74 Å². The van der Waals surface area contributed by atoms with Crippen molar-refractivity contribution in [1.82, 2.24) is 9.78 Å². The van der Waals surface area contributed by atoms with Gasteiger partial charge in [-0.05, 0) is 31.2 Å². The normalized spacial score (nSPS) is 10.2. The van der Waals surface area contributed by atoms with Crippen molar-refractivity contribution in [3.05, 3.63) is 46.7 Å². The number of aromatic nitrogens is 2. The number of carbonyl (C=O) groups excluding carboxylic acids is 1. The van der Waals surface area contributed by atoms with E-state index in [9.17, 15) is 4.79 Å². The van der Waals surface area contributed by atoms with Crippen LogP contribution in [0.3, 0.4) is 0 Å². The topological polar surface area (TPSA) is 44.1 Å². The van der Waals surface area contributed by atoms with Crippen molar-refractivity contribution < 1.29 is 9.53 Å². The number of ether oxygens (including phenoxy) is 1. The highest BCUT2D eigenvalue weighted by molar-refractivity contribution is 9.10. The Morgan fingerprint density at radius 2 is 2.12 bits per heavy atom. The standard InChI is InChI=1S/C12H11BrN2O2/c1-2-17-12(16)9-7-14-15(8-9)11-5-3-10(13)4-6-11/h3-8H,2H2,1H3. The first kappa shape index (κ1) is 11.9. The van der Waals surface area contributed by atoms with Gasteiger partial charge in [0.1, 0.15) is 0 Å². The van der Waals surface area contributed by atoms with Gasteiger partial charge in [-0.1, -0.05) is 15.9 Å². The first-order valence-electron chi connectivity index (χ1n) is 5.18. The average molecular weight is 295 g/mol. The van der Waals surface area contributed by atoms with Crippen molar-refractivity contribution in [3.63, 3.8) is 0 Å². The van der Waals surface area contributed by atoms with E-state index in [2.05, 4.69) is 21.0 Å². The summed E-state index contributed by atoms with van der Waals surface area (Å²) in [5.74, 6) is -0.351. The van der Waals surface area contributed by atoms with E-state index in [-0.39, 0.29) is 5.97 Å². The van der Waals surface area contributed by atoms with Gasteiger partial charge in [0.2, 0.25) is 0 Å². The molecule has 0 spiro atoms. The van der Waals surface area contributed by atoms with Crippen LogP contribution in [0, 0.1) is 0 Å². The summed E-state index contributed by atoms with van der Waals surface area (Å²) in [6.45, 7) is 2.14. The van der Waals surface area contributed by atoms with E-state index in [1.165, 1.54) is 6.20 Å². The average Bonchev–Trinajstić information content (AvgIpc) is 2.80. The first-order valence-corrected chi connectivity index (χ1v) is 5.97. The molecule has 2 aromatic rings. The minimum atomic E-state index is -0.351. The third-order valence-corrected chi connectivity index (χ3v) is 2.71. The van der Waals surface area contributed by atoms with Crippen LogP contribution >= 0.6 is 15.9 Å². The first-order chi connectivity index (χ1) is 8.20. The largest absolute Gasteiger partial charge is 0.462 e. The van der Waals surface area contributed by atoms with E-state index < -0.39 is 0 Å². The second-order valence-electron chi connectivity index (χ2n) is 3.37. The van der Waals surface area contributed by atoms with E-state index in [0.717, 1.165) is 10.2 Å². The van der Waals surface area contributed by atoms with Crippen LogP contribution in [0.2, 0.25) is 0 Å². The molecule has 0 aliphatic carbocycles. The predicted octanol–water partition coefficient (Wildman–Crippen LogP) is 2.81. The van der Waals surface area contributed by atoms with E-state index in [1.54, 1.807) is 17.8 Å². The van der Waals surface area contributed by atoms with Crippen molar-refractivity contribution in [2.75, 3.05) is 6.61 Å². The van der Waals surface area contributed by atoms with Gasteiger partial charge in [0, 0.05) is 10.7 Å². The summed E-state index contributed by atoms with van der Waals surface area (Å²) in [6, 6.07) is 7.65. The van der Waals surface area contributed by atoms with E-state index in [1.807, 2.05) is 24.3 Å². The third-order valence-electron chi connectivity index (χ3n) is 2.18. The van der Waals surface area contributed by atoms with Crippen molar-refractivity contribution in [2.24, 2.45) is 0 Å². The lowest BCUT2D eigenvalue weighted by Gasteiger charge is -2.00. The van der Waals surface area contributed by atoms with Gasteiger partial charge in [-0.25, -0.2) is 9.48 Å². The fraction of sp³-hybridized carbons (Fsp3) is 0.167. The lowest BCUT2D eigenvalue weighted by Crippen LogP contribution is -2.03. The summed E-state index contributed by atoms with van der Waals surface area (Å²) in [4.78, 5) is 11.5. The number of halogens is 1. The molecule has 0 aliphatic heterocycles. The number of rotatable bonds is 3. The molecule has 88 valence electrons. The summed E-state index contributed by atoms with van der Waals surface area (Å²) < 4.78 is 7.53. The molecular weight excluding hydrogens is 284 g/mol. The fourth-order valence-electron chi connectivity index (χ4n) is 1.38. The molecule has 0 amide bonds. The van der Waals surface area contributed by atoms with Crippen molar-refractivity contribution in [1.29, 1.82) is 0 Å². The van der Waals surface area contributed by atoms with Crippen LogP contribution in [0.5, 0.6) is 0 Å². The Morgan fingerprint density at radius 1 is 1.41 bits per heavy atom. The molecule has 0 aliphatic rings. The molecule has 1 aromatic heterocycles. The molecule has 0 N–H and O–H groups in total. The van der Waals surface area contributed by atoms with Crippen LogP contribution in [-0.4, -0.2) is 22.4 Å². The second-order valence-corrected chi connectivity index (χ2v) is 4.29. The Balaban J connectivity index is 2.23. The van der Waals surface area contributed by atoms with Crippen LogP contribution < -0.4 is 0 Å². The quantitative estimate of drug-likeness (QED) is 0.818. The summed E-state index contributed by atoms with van der Waals surface area (Å²) in [5.41, 5.74) is 1.35. The minimum Gasteiger partial charge on any atom is -0.462 e. The Labute approximate surface area is 107 Å². The summed E-state index contributed by atoms with van der Waals surface area (Å²) in [6.07, 6.45) is 3.15. The maximum atomic E-state index is 11.5. The smallest absolute Gasteiger partial charge is 0.341 e. The molecule has 0 saturated heterocycles. The maximum absolute atomic E-state index is 11.5. The molecule has 0 unspecified atom stereocenters. The number of esters is 1. The van der Waals surface area contributed by atoms with Gasteiger partial charge in [-0.15, -0.1) is 0 Å². The van der Waals surface area contributed by atoms with Crippen LogP contribution in [0.1, 0.15) is 17.3 Å². The Bertz CT molecular complexity index is 520. The summed E-state index contributed by atoms with van der Waals surface area (Å²) in [5, 5.41) is 4.12. The lowest BCUT2D eigenvalue weighted by molar-refractivity contribution is 0.0526. The molecule has 2 rings (SSSR count). The van der Waals surface area contributed by atoms with Crippen molar-refractivity contribution in [2.45, 2.75) is 6.92 Å². The number of hydrogen-bond acceptors (Lipinski definition) is 3. The molecule has 0 radical (unpaired) electrons. The molecule has 4 nitrogen and oxygen atoms in total. The molecule has 17 heavy (non-hydrogen) atoms. The zero-order valence-electron chi connectivity index (χ0n) is 9.26. The van der Waals surface area contributed by atoms with E-state index in [0.29, 0.717) is 12.2 Å². The molecule has 0 atom stereocenters. The molecule has 5 heteroatoms. The Morgan fingerprint density at radius 3 is 2.76 bits per heavy atom. The molecule has 1 heterocycles. The molecular formula is C12H11BrN2O2. The third kappa shape index (κ3) is 2.74. The van der Waals surface area contributed by atoms with Crippen LogP contribution in [0.15, 0.2) is 41.1 Å². The van der Waals surface area contributed by atoms with Gasteiger partial charge in [0.25, 0.3) is 0 Å². The highest BCUT2D eigenvalue weighted by Gasteiger charge is 2.09. The monoisotopic (exact) mass is 294 g/mol. The van der Waals surface area contributed by atoms with Gasteiger partial charge in [0.05, 0.1) is 24.1 Å². The lowest BCUT2D eigenvalue weighted by atomic mass is 10.3. The molecule has 0 fully saturated rings. The van der Waals surface area contributed by atoms with Gasteiger partial charge >= 0.3 is 5.97 Å². The van der Waals surface area contributed by atoms with E-state index in [4.69, 9.17) is 4.74 Å². The number of hydrogen-bond donors (Lipinski definition) is 0. The number of nitrogens with zero attached hydrogens (tertiary/aromatic N) is 2. The zero-order valence-corrected chi connectivity index (χ0v) is 10.8. The number of benzene rings is 1. The van der Waals surface area contributed by atoms with E-state index >= 15 is 0 Å². The minimum absolute atomic E-state index is 0.351. The summed E-state index contributed by atoms with van der Waals surface area (Å²) >= 11 is 3.36. The Kier molecular flexibility index (Phi) is 3.58. The SMILES string of the molecule is CCOC(=O)c1cnn(-c2ccc(Br)cc2)c1. The van der Waals surface area contributed by atoms with Gasteiger partial charge in [-0.3, -0.25) is 0 Å². The van der Waals surface area contributed by atoms with Crippen LogP contribution in [0.4, 0.5) is 0 Å². The second kappa shape index (κ2) is 5.14. The molecule has 1 aromatic carbocycles. The molecule has 0 bridgehead atoms. The zero-order chi connectivity index (χ0) is 12.3.